The second-order valence-corrected chi connectivity index (χ2v) is 8.32. The van der Waals surface area contributed by atoms with Gasteiger partial charge in [0.25, 0.3) is 5.91 Å². The lowest BCUT2D eigenvalue weighted by Crippen LogP contribution is -2.28. The fourth-order valence-corrected chi connectivity index (χ4v) is 3.83. The van der Waals surface area contributed by atoms with E-state index in [-0.39, 0.29) is 11.8 Å². The van der Waals surface area contributed by atoms with Crippen molar-refractivity contribution in [1.82, 2.24) is 5.32 Å². The standard InChI is InChI=1S/C25H27N3O2S/c1-28(2)23-14-13-20(27-24(29)18-31-21-11-7-4-8-12-21)17-22(23)25(30)26-16-15-19-9-5-3-6-10-19/h3-14,17H,15-16,18H2,1-2H3,(H,26,30)(H,27,29). The first-order valence-corrected chi connectivity index (χ1v) is 11.1. The van der Waals surface area contributed by atoms with Crippen LogP contribution in [0.2, 0.25) is 0 Å². The Morgan fingerprint density at radius 3 is 2.26 bits per heavy atom. The molecule has 3 aromatic carbocycles. The van der Waals surface area contributed by atoms with E-state index in [4.69, 9.17) is 0 Å². The van der Waals surface area contributed by atoms with Crippen molar-refractivity contribution < 1.29 is 9.59 Å². The number of benzene rings is 3. The number of thioether (sulfide) groups is 1. The van der Waals surface area contributed by atoms with Gasteiger partial charge in [-0.3, -0.25) is 9.59 Å². The summed E-state index contributed by atoms with van der Waals surface area (Å²) < 4.78 is 0. The first-order valence-electron chi connectivity index (χ1n) is 10.1. The summed E-state index contributed by atoms with van der Waals surface area (Å²) in [6.45, 7) is 0.542. The maximum absolute atomic E-state index is 12.9. The van der Waals surface area contributed by atoms with E-state index in [1.807, 2.05) is 91.8 Å². The minimum Gasteiger partial charge on any atom is -0.377 e. The Hall–Kier alpha value is -3.25. The topological polar surface area (TPSA) is 61.4 Å². The largest absolute Gasteiger partial charge is 0.377 e. The lowest BCUT2D eigenvalue weighted by Gasteiger charge is -2.18. The first-order chi connectivity index (χ1) is 15.0. The van der Waals surface area contributed by atoms with E-state index in [1.165, 1.54) is 17.3 Å². The second kappa shape index (κ2) is 11.2. The van der Waals surface area contributed by atoms with Crippen molar-refractivity contribution in [2.75, 3.05) is 36.6 Å². The van der Waals surface area contributed by atoms with Crippen LogP contribution in [0.4, 0.5) is 11.4 Å². The molecule has 0 aliphatic carbocycles. The van der Waals surface area contributed by atoms with Crippen LogP contribution in [0.3, 0.4) is 0 Å². The van der Waals surface area contributed by atoms with Gasteiger partial charge in [-0.15, -0.1) is 11.8 Å². The molecule has 2 N–H and O–H groups in total. The van der Waals surface area contributed by atoms with Crippen LogP contribution < -0.4 is 15.5 Å². The molecule has 0 aromatic heterocycles. The molecular weight excluding hydrogens is 406 g/mol. The van der Waals surface area contributed by atoms with Crippen LogP contribution in [0.5, 0.6) is 0 Å². The normalized spacial score (nSPS) is 10.4. The fourth-order valence-electron chi connectivity index (χ4n) is 3.11. The zero-order valence-electron chi connectivity index (χ0n) is 17.8. The van der Waals surface area contributed by atoms with Gasteiger partial charge in [0.05, 0.1) is 11.3 Å². The first kappa shape index (κ1) is 22.4. The van der Waals surface area contributed by atoms with Crippen LogP contribution in [-0.2, 0) is 11.2 Å². The minimum absolute atomic E-state index is 0.109. The Kier molecular flexibility index (Phi) is 8.12. The molecule has 31 heavy (non-hydrogen) atoms. The molecule has 160 valence electrons. The van der Waals surface area contributed by atoms with Crippen molar-refractivity contribution in [3.63, 3.8) is 0 Å². The number of carbonyl (C=O) groups is 2. The second-order valence-electron chi connectivity index (χ2n) is 7.27. The summed E-state index contributed by atoms with van der Waals surface area (Å²) in [4.78, 5) is 28.2. The smallest absolute Gasteiger partial charge is 0.253 e. The third-order valence-corrected chi connectivity index (χ3v) is 5.67. The lowest BCUT2D eigenvalue weighted by molar-refractivity contribution is -0.113. The van der Waals surface area contributed by atoms with Crippen molar-refractivity contribution in [3.8, 4) is 0 Å². The van der Waals surface area contributed by atoms with Crippen LogP contribution in [0.25, 0.3) is 0 Å². The van der Waals surface area contributed by atoms with Crippen molar-refractivity contribution >= 4 is 35.0 Å². The summed E-state index contributed by atoms with van der Waals surface area (Å²) in [5.74, 6) is 0.0363. The Balaban J connectivity index is 1.62. The molecule has 0 aliphatic heterocycles. The van der Waals surface area contributed by atoms with Gasteiger partial charge in [0, 0.05) is 36.9 Å². The van der Waals surface area contributed by atoms with Crippen LogP contribution in [0, 0.1) is 0 Å². The van der Waals surface area contributed by atoms with E-state index in [0.717, 1.165) is 17.0 Å². The van der Waals surface area contributed by atoms with Gasteiger partial charge < -0.3 is 15.5 Å². The molecule has 6 heteroatoms. The number of nitrogens with one attached hydrogen (secondary N) is 2. The van der Waals surface area contributed by atoms with E-state index in [0.29, 0.717) is 23.5 Å². The van der Waals surface area contributed by atoms with E-state index in [2.05, 4.69) is 10.6 Å². The maximum atomic E-state index is 12.9. The number of amides is 2. The van der Waals surface area contributed by atoms with Gasteiger partial charge in [-0.2, -0.15) is 0 Å². The highest BCUT2D eigenvalue weighted by atomic mass is 32.2. The molecule has 0 saturated heterocycles. The van der Waals surface area contributed by atoms with Gasteiger partial charge in [0.1, 0.15) is 0 Å². The van der Waals surface area contributed by atoms with Crippen molar-refractivity contribution in [1.29, 1.82) is 0 Å². The molecule has 0 aliphatic rings. The highest BCUT2D eigenvalue weighted by Gasteiger charge is 2.15. The average molecular weight is 434 g/mol. The molecule has 0 bridgehead atoms. The van der Waals surface area contributed by atoms with Gasteiger partial charge in [-0.05, 0) is 42.3 Å². The highest BCUT2D eigenvalue weighted by Crippen LogP contribution is 2.24. The third-order valence-electron chi connectivity index (χ3n) is 4.66. The van der Waals surface area contributed by atoms with E-state index in [1.54, 1.807) is 6.07 Å². The average Bonchev–Trinajstić information content (AvgIpc) is 2.79. The summed E-state index contributed by atoms with van der Waals surface area (Å²) in [5.41, 5.74) is 3.12. The number of nitrogens with zero attached hydrogens (tertiary/aromatic N) is 1. The van der Waals surface area contributed by atoms with E-state index in [9.17, 15) is 9.59 Å². The predicted molar refractivity (Wildman–Crippen MR) is 129 cm³/mol. The van der Waals surface area contributed by atoms with E-state index < -0.39 is 0 Å². The Morgan fingerprint density at radius 1 is 0.903 bits per heavy atom. The van der Waals surface area contributed by atoms with Gasteiger partial charge in [0.2, 0.25) is 5.91 Å². The lowest BCUT2D eigenvalue weighted by atomic mass is 10.1. The highest BCUT2D eigenvalue weighted by molar-refractivity contribution is 8.00. The van der Waals surface area contributed by atoms with Crippen molar-refractivity contribution in [3.05, 3.63) is 90.0 Å². The molecule has 0 heterocycles. The third kappa shape index (κ3) is 6.89. The van der Waals surface area contributed by atoms with Crippen LogP contribution in [0.1, 0.15) is 15.9 Å². The number of hydrogen-bond donors (Lipinski definition) is 2. The summed E-state index contributed by atoms with van der Waals surface area (Å²) in [5, 5.41) is 5.88. The molecule has 0 unspecified atom stereocenters. The Bertz CT molecular complexity index is 1010. The van der Waals surface area contributed by atoms with Gasteiger partial charge in [-0.25, -0.2) is 0 Å². The molecule has 2 amide bonds. The molecule has 3 rings (SSSR count). The number of carbonyl (C=O) groups excluding carboxylic acids is 2. The van der Waals surface area contributed by atoms with Crippen LogP contribution in [0.15, 0.2) is 83.8 Å². The monoisotopic (exact) mass is 433 g/mol. The molecule has 0 atom stereocenters. The summed E-state index contributed by atoms with van der Waals surface area (Å²) in [6.07, 6.45) is 0.761. The molecule has 0 saturated carbocycles. The minimum atomic E-state index is -0.158. The van der Waals surface area contributed by atoms with Crippen LogP contribution >= 0.6 is 11.8 Å². The number of hydrogen-bond acceptors (Lipinski definition) is 4. The van der Waals surface area contributed by atoms with Gasteiger partial charge >= 0.3 is 0 Å². The molecule has 0 spiro atoms. The van der Waals surface area contributed by atoms with Crippen molar-refractivity contribution in [2.45, 2.75) is 11.3 Å². The summed E-state index contributed by atoms with van der Waals surface area (Å²) >= 11 is 1.48. The number of rotatable bonds is 9. The quantitative estimate of drug-likeness (QED) is 0.489. The Labute approximate surface area is 187 Å². The van der Waals surface area contributed by atoms with Crippen LogP contribution in [-0.4, -0.2) is 38.2 Å². The molecular formula is C25H27N3O2S. The SMILES string of the molecule is CN(C)c1ccc(NC(=O)CSc2ccccc2)cc1C(=O)NCCc1ccccc1. The molecule has 5 nitrogen and oxygen atoms in total. The fraction of sp³-hybridized carbons (Fsp3) is 0.200. The zero-order valence-corrected chi connectivity index (χ0v) is 18.6. The Morgan fingerprint density at radius 2 is 1.58 bits per heavy atom. The number of anilines is 2. The van der Waals surface area contributed by atoms with Gasteiger partial charge in [0.15, 0.2) is 0 Å². The predicted octanol–water partition coefficient (Wildman–Crippen LogP) is 4.46. The molecule has 0 fully saturated rings. The maximum Gasteiger partial charge on any atom is 0.253 e. The summed E-state index contributed by atoms with van der Waals surface area (Å²) in [7, 11) is 3.79. The molecule has 0 radical (unpaired) electrons. The van der Waals surface area contributed by atoms with E-state index >= 15 is 0 Å². The van der Waals surface area contributed by atoms with Crippen molar-refractivity contribution in [2.24, 2.45) is 0 Å². The zero-order chi connectivity index (χ0) is 22.1. The summed E-state index contributed by atoms with van der Waals surface area (Å²) in [6, 6.07) is 25.2. The molecule has 3 aromatic rings. The van der Waals surface area contributed by atoms with Gasteiger partial charge in [-0.1, -0.05) is 48.5 Å².